The van der Waals surface area contributed by atoms with E-state index >= 15 is 0 Å². The largest absolute Gasteiger partial charge is 0.310 e. The molecule has 0 heterocycles. The zero-order chi connectivity index (χ0) is 7.98. The molecular weight excluding hydrogens is 124 g/mol. The van der Waals surface area contributed by atoms with Crippen molar-refractivity contribution in [2.75, 3.05) is 27.2 Å². The first kappa shape index (κ1) is 9.66. The van der Waals surface area contributed by atoms with Gasteiger partial charge in [-0.3, -0.25) is 0 Å². The Kier molecular flexibility index (Phi) is 5.26. The monoisotopic (exact) mass is 142 g/mol. The van der Waals surface area contributed by atoms with Gasteiger partial charge in [-0.1, -0.05) is 6.08 Å². The molecule has 0 saturated carbocycles. The molecule has 1 N–H and O–H groups in total. The van der Waals surface area contributed by atoms with Crippen molar-refractivity contribution in [2.45, 2.75) is 13.0 Å². The lowest BCUT2D eigenvalue weighted by molar-refractivity contribution is 0.356. The highest BCUT2D eigenvalue weighted by Crippen LogP contribution is 1.83. The van der Waals surface area contributed by atoms with Crippen LogP contribution in [0.15, 0.2) is 12.7 Å². The van der Waals surface area contributed by atoms with Crippen molar-refractivity contribution in [1.82, 2.24) is 10.2 Å². The Bertz CT molecular complexity index is 89.3. The van der Waals surface area contributed by atoms with Crippen LogP contribution >= 0.6 is 0 Å². The summed E-state index contributed by atoms with van der Waals surface area (Å²) in [5.74, 6) is 0. The van der Waals surface area contributed by atoms with E-state index in [2.05, 4.69) is 37.8 Å². The first-order chi connectivity index (χ1) is 4.66. The van der Waals surface area contributed by atoms with Crippen LogP contribution in [0, 0.1) is 0 Å². The van der Waals surface area contributed by atoms with Crippen LogP contribution in [0.2, 0.25) is 0 Å². The molecule has 0 aromatic carbocycles. The molecule has 10 heavy (non-hydrogen) atoms. The van der Waals surface area contributed by atoms with Gasteiger partial charge in [0.2, 0.25) is 0 Å². The third kappa shape index (κ3) is 5.79. The van der Waals surface area contributed by atoms with E-state index in [9.17, 15) is 0 Å². The van der Waals surface area contributed by atoms with E-state index in [1.165, 1.54) is 0 Å². The van der Waals surface area contributed by atoms with E-state index in [1.807, 2.05) is 6.08 Å². The molecule has 0 radical (unpaired) electrons. The van der Waals surface area contributed by atoms with E-state index in [0.29, 0.717) is 6.04 Å². The first-order valence-electron chi connectivity index (χ1n) is 3.65. The second-order valence-corrected chi connectivity index (χ2v) is 2.86. The molecule has 60 valence electrons. The Labute approximate surface area is 63.9 Å². The van der Waals surface area contributed by atoms with Crippen molar-refractivity contribution in [3.63, 3.8) is 0 Å². The zero-order valence-electron chi connectivity index (χ0n) is 7.22. The van der Waals surface area contributed by atoms with Crippen LogP contribution in [0.5, 0.6) is 0 Å². The lowest BCUT2D eigenvalue weighted by Gasteiger charge is -2.16. The molecule has 1 unspecified atom stereocenters. The second-order valence-electron chi connectivity index (χ2n) is 2.86. The third-order valence-corrected chi connectivity index (χ3v) is 1.25. The SMILES string of the molecule is C=CCNC(C)CN(C)C. The van der Waals surface area contributed by atoms with Crippen LogP contribution in [0.25, 0.3) is 0 Å². The summed E-state index contributed by atoms with van der Waals surface area (Å²) >= 11 is 0. The van der Waals surface area contributed by atoms with Gasteiger partial charge in [0.1, 0.15) is 0 Å². The van der Waals surface area contributed by atoms with Gasteiger partial charge < -0.3 is 10.2 Å². The number of likely N-dealkylation sites (N-methyl/N-ethyl adjacent to an activating group) is 1. The Morgan fingerprint density at radius 3 is 2.60 bits per heavy atom. The molecule has 0 aliphatic rings. The summed E-state index contributed by atoms with van der Waals surface area (Å²) < 4.78 is 0. The van der Waals surface area contributed by atoms with E-state index in [1.54, 1.807) is 0 Å². The molecule has 0 fully saturated rings. The van der Waals surface area contributed by atoms with Crippen LogP contribution < -0.4 is 5.32 Å². The van der Waals surface area contributed by atoms with Crippen molar-refractivity contribution in [1.29, 1.82) is 0 Å². The van der Waals surface area contributed by atoms with Crippen LogP contribution in [-0.2, 0) is 0 Å². The van der Waals surface area contributed by atoms with Crippen molar-refractivity contribution >= 4 is 0 Å². The molecule has 0 saturated heterocycles. The minimum Gasteiger partial charge on any atom is -0.310 e. The van der Waals surface area contributed by atoms with Gasteiger partial charge in [0.25, 0.3) is 0 Å². The summed E-state index contributed by atoms with van der Waals surface area (Å²) in [6, 6.07) is 0.549. The van der Waals surface area contributed by atoms with E-state index in [4.69, 9.17) is 0 Å². The third-order valence-electron chi connectivity index (χ3n) is 1.25. The molecule has 0 rings (SSSR count). The average Bonchev–Trinajstić information content (AvgIpc) is 1.82. The van der Waals surface area contributed by atoms with Gasteiger partial charge in [-0.05, 0) is 21.0 Å². The molecule has 0 aromatic heterocycles. The fraction of sp³-hybridized carbons (Fsp3) is 0.750. The summed E-state index contributed by atoms with van der Waals surface area (Å²) in [6.45, 7) is 7.78. The molecule has 0 amide bonds. The van der Waals surface area contributed by atoms with Crippen molar-refractivity contribution in [2.24, 2.45) is 0 Å². The molecule has 1 atom stereocenters. The number of hydrogen-bond acceptors (Lipinski definition) is 2. The highest BCUT2D eigenvalue weighted by molar-refractivity contribution is 4.73. The lowest BCUT2D eigenvalue weighted by Crippen LogP contribution is -2.35. The summed E-state index contributed by atoms with van der Waals surface area (Å²) in [5, 5.41) is 3.30. The molecule has 0 spiro atoms. The summed E-state index contributed by atoms with van der Waals surface area (Å²) in [7, 11) is 4.15. The number of nitrogens with one attached hydrogen (secondary N) is 1. The van der Waals surface area contributed by atoms with Crippen molar-refractivity contribution in [3.8, 4) is 0 Å². The Balaban J connectivity index is 3.24. The highest BCUT2D eigenvalue weighted by Gasteiger charge is 1.99. The fourth-order valence-electron chi connectivity index (χ4n) is 0.897. The number of hydrogen-bond donors (Lipinski definition) is 1. The Morgan fingerprint density at radius 2 is 2.20 bits per heavy atom. The van der Waals surface area contributed by atoms with E-state index in [0.717, 1.165) is 13.1 Å². The molecular formula is C8H18N2. The highest BCUT2D eigenvalue weighted by atomic mass is 15.1. The van der Waals surface area contributed by atoms with Crippen LogP contribution in [0.4, 0.5) is 0 Å². The van der Waals surface area contributed by atoms with E-state index in [-0.39, 0.29) is 0 Å². The molecule has 0 aliphatic heterocycles. The minimum absolute atomic E-state index is 0.549. The van der Waals surface area contributed by atoms with Crippen molar-refractivity contribution in [3.05, 3.63) is 12.7 Å². The van der Waals surface area contributed by atoms with E-state index < -0.39 is 0 Å². The van der Waals surface area contributed by atoms with Crippen LogP contribution in [0.1, 0.15) is 6.92 Å². The van der Waals surface area contributed by atoms with Gasteiger partial charge in [0.15, 0.2) is 0 Å². The fourth-order valence-corrected chi connectivity index (χ4v) is 0.897. The van der Waals surface area contributed by atoms with Gasteiger partial charge in [-0.25, -0.2) is 0 Å². The zero-order valence-corrected chi connectivity index (χ0v) is 7.22. The maximum Gasteiger partial charge on any atom is 0.0169 e. The molecule has 2 heteroatoms. The van der Waals surface area contributed by atoms with Gasteiger partial charge in [-0.15, -0.1) is 6.58 Å². The van der Waals surface area contributed by atoms with Gasteiger partial charge in [0.05, 0.1) is 0 Å². The standard InChI is InChI=1S/C8H18N2/c1-5-6-9-8(2)7-10(3)4/h5,8-9H,1,6-7H2,2-4H3. The molecule has 0 aromatic rings. The number of nitrogens with zero attached hydrogens (tertiary/aromatic N) is 1. The summed E-state index contributed by atoms with van der Waals surface area (Å²) in [4.78, 5) is 2.17. The minimum atomic E-state index is 0.549. The molecule has 0 aliphatic carbocycles. The molecule has 2 nitrogen and oxygen atoms in total. The Hall–Kier alpha value is -0.340. The smallest absolute Gasteiger partial charge is 0.0169 e. The summed E-state index contributed by atoms with van der Waals surface area (Å²) in [5.41, 5.74) is 0. The number of rotatable bonds is 5. The first-order valence-corrected chi connectivity index (χ1v) is 3.65. The maximum atomic E-state index is 3.64. The normalized spacial score (nSPS) is 13.6. The summed E-state index contributed by atoms with van der Waals surface area (Å²) in [6.07, 6.45) is 1.88. The topological polar surface area (TPSA) is 15.3 Å². The predicted molar refractivity (Wildman–Crippen MR) is 46.2 cm³/mol. The van der Waals surface area contributed by atoms with Crippen LogP contribution in [-0.4, -0.2) is 38.1 Å². The van der Waals surface area contributed by atoms with Gasteiger partial charge in [0, 0.05) is 19.1 Å². The van der Waals surface area contributed by atoms with Gasteiger partial charge in [-0.2, -0.15) is 0 Å². The quantitative estimate of drug-likeness (QED) is 0.569. The van der Waals surface area contributed by atoms with Gasteiger partial charge >= 0.3 is 0 Å². The Morgan fingerprint density at radius 1 is 1.60 bits per heavy atom. The second kappa shape index (κ2) is 5.45. The lowest BCUT2D eigenvalue weighted by atomic mass is 10.3. The van der Waals surface area contributed by atoms with Crippen LogP contribution in [0.3, 0.4) is 0 Å². The average molecular weight is 142 g/mol. The van der Waals surface area contributed by atoms with Crippen molar-refractivity contribution < 1.29 is 0 Å². The maximum absolute atomic E-state index is 3.64. The molecule has 0 bridgehead atoms. The predicted octanol–water partition coefficient (Wildman–Crippen LogP) is 0.712.